The highest BCUT2D eigenvalue weighted by Crippen LogP contribution is 2.30. The maximum Gasteiger partial charge on any atom is 0.410 e. The van der Waals surface area contributed by atoms with E-state index in [1.807, 2.05) is 93.6 Å². The average Bonchev–Trinajstić information content (AvgIpc) is 4.06. The van der Waals surface area contributed by atoms with Crippen molar-refractivity contribution in [2.75, 3.05) is 126 Å². The molecule has 0 spiro atoms. The Kier molecular flexibility index (Phi) is 18.1. The average molecular weight is 1060 g/mol. The van der Waals surface area contributed by atoms with E-state index in [-0.39, 0.29) is 54.1 Å². The van der Waals surface area contributed by atoms with Gasteiger partial charge in [0.1, 0.15) is 41.8 Å². The minimum Gasteiger partial charge on any atom is -0.462 e. The summed E-state index contributed by atoms with van der Waals surface area (Å²) in [5, 5.41) is 7.52. The fourth-order valence-corrected chi connectivity index (χ4v) is 10.1. The molecule has 404 valence electrons. The van der Waals surface area contributed by atoms with Crippen LogP contribution in [0, 0.1) is 0 Å². The van der Waals surface area contributed by atoms with Crippen LogP contribution >= 0.6 is 12.4 Å². The molecular formula is C57H73ClN12O6. The summed E-state index contributed by atoms with van der Waals surface area (Å²) in [5.41, 5.74) is 1.70. The molecule has 4 aromatic carbocycles. The number of carbonyl (C=O) groups excluding carboxylic acids is 3. The fourth-order valence-electron chi connectivity index (χ4n) is 10.1. The predicted molar refractivity (Wildman–Crippen MR) is 302 cm³/mol. The highest BCUT2D eigenvalue weighted by molar-refractivity contribution is 6.11. The lowest BCUT2D eigenvalue weighted by molar-refractivity contribution is 0.0240. The first-order valence-electron chi connectivity index (χ1n) is 26.3. The summed E-state index contributed by atoms with van der Waals surface area (Å²) >= 11 is 0. The van der Waals surface area contributed by atoms with Crippen molar-refractivity contribution in [1.82, 2.24) is 40.0 Å². The number of nitrogens with zero attached hydrogens (tertiary/aromatic N) is 11. The van der Waals surface area contributed by atoms with Gasteiger partial charge >= 0.3 is 18.1 Å². The molecule has 0 aliphatic carbocycles. The van der Waals surface area contributed by atoms with E-state index in [0.717, 1.165) is 97.3 Å². The number of likely N-dealkylation sites (N-methyl/N-ethyl adjacent to an activating group) is 2. The maximum atomic E-state index is 13.8. The van der Waals surface area contributed by atoms with Gasteiger partial charge in [-0.15, -0.1) is 12.4 Å². The number of carbonyl (C=O) groups is 3. The lowest BCUT2D eigenvalue weighted by atomic mass is 10.1. The van der Waals surface area contributed by atoms with Gasteiger partial charge in [0.2, 0.25) is 0 Å². The highest BCUT2D eigenvalue weighted by Gasteiger charge is 2.30. The van der Waals surface area contributed by atoms with Crippen molar-refractivity contribution < 1.29 is 28.6 Å². The number of fused-ring (bicyclic) bond motifs is 2. The number of benzene rings is 4. The van der Waals surface area contributed by atoms with Crippen molar-refractivity contribution in [2.24, 2.45) is 0 Å². The second-order valence-corrected chi connectivity index (χ2v) is 20.9. The molecule has 76 heavy (non-hydrogen) atoms. The summed E-state index contributed by atoms with van der Waals surface area (Å²) in [6, 6.07) is 32.6. The van der Waals surface area contributed by atoms with Crippen molar-refractivity contribution in [2.45, 2.75) is 64.1 Å². The van der Waals surface area contributed by atoms with Crippen molar-refractivity contribution in [3.05, 3.63) is 108 Å². The first-order valence-corrected chi connectivity index (χ1v) is 26.3. The first kappa shape index (κ1) is 55.4. The standard InChI is InChI=1S/C31H40N6O4.C26H32N6O2.ClH/c1-31(2,3)41-30(39)37-18-16-36(17-19-37)27-20-25(32-29(33-27)40-21-23-12-9-15-34(23)4)28(38)35(5)26-14-8-11-22-10-6-7-13-24(22)26;1-30-14-6-9-20(30)18-34-26-28-22(17-24(29-26)32-15-12-27-13-16-32)25(33)31(2)23-11-5-8-19-7-3-4-10-21(19)23;/h6-8,10-11,13-14,20,23H,9,12,15-19,21H2,1-5H3;3-5,7-8,10-11,17,20,27H,6,9,12-16,18H2,1-2H3;1H/t23-;20-;/m00./s1. The fraction of sp³-hybridized carbons (Fsp3) is 0.456. The molecule has 0 bridgehead atoms. The van der Waals surface area contributed by atoms with E-state index in [9.17, 15) is 14.4 Å². The molecule has 18 nitrogen and oxygen atoms in total. The largest absolute Gasteiger partial charge is 0.462 e. The Bertz CT molecular complexity index is 2950. The number of amides is 3. The highest BCUT2D eigenvalue weighted by atomic mass is 35.5. The second-order valence-electron chi connectivity index (χ2n) is 20.9. The van der Waals surface area contributed by atoms with E-state index in [0.29, 0.717) is 56.9 Å². The molecule has 4 aliphatic rings. The summed E-state index contributed by atoms with van der Waals surface area (Å²) in [4.78, 5) is 72.4. The van der Waals surface area contributed by atoms with Gasteiger partial charge in [0, 0.05) is 101 Å². The first-order chi connectivity index (χ1) is 36.2. The Labute approximate surface area is 452 Å². The lowest BCUT2D eigenvalue weighted by Gasteiger charge is -2.36. The molecule has 6 heterocycles. The summed E-state index contributed by atoms with van der Waals surface area (Å²) in [7, 11) is 7.77. The van der Waals surface area contributed by atoms with Crippen LogP contribution in [0.4, 0.5) is 27.8 Å². The molecule has 2 atom stereocenters. The zero-order chi connectivity index (χ0) is 52.6. The van der Waals surface area contributed by atoms with Crippen LogP contribution in [-0.2, 0) is 4.74 Å². The Morgan fingerprint density at radius 3 is 1.46 bits per heavy atom. The van der Waals surface area contributed by atoms with Crippen LogP contribution in [0.3, 0.4) is 0 Å². The molecule has 2 aromatic heterocycles. The summed E-state index contributed by atoms with van der Waals surface area (Å²) in [6.07, 6.45) is 4.14. The van der Waals surface area contributed by atoms with E-state index in [2.05, 4.69) is 66.1 Å². The molecule has 4 aliphatic heterocycles. The topological polar surface area (TPSA) is 165 Å². The zero-order valence-corrected chi connectivity index (χ0v) is 45.8. The van der Waals surface area contributed by atoms with Gasteiger partial charge in [-0.3, -0.25) is 9.59 Å². The van der Waals surface area contributed by atoms with Gasteiger partial charge in [-0.25, -0.2) is 4.79 Å². The number of aromatic nitrogens is 4. The van der Waals surface area contributed by atoms with Crippen LogP contribution in [0.15, 0.2) is 97.1 Å². The van der Waals surface area contributed by atoms with Gasteiger partial charge in [0.15, 0.2) is 0 Å². The third-order valence-corrected chi connectivity index (χ3v) is 14.5. The quantitative estimate of drug-likeness (QED) is 0.127. The number of ether oxygens (including phenoxy) is 3. The number of likely N-dealkylation sites (tertiary alicyclic amines) is 2. The van der Waals surface area contributed by atoms with Crippen LogP contribution in [0.5, 0.6) is 12.0 Å². The SMILES string of the molecule is CN(C(=O)c1cc(N2CCN(C(=O)OC(C)(C)C)CC2)nc(OC[C@@H]2CCCN2C)n1)c1cccc2ccccc12.CN(C(=O)c1cc(N2CCNCC2)nc(OC[C@@H]2CCCN2C)n1)c1cccc2ccccc12.Cl. The minimum absolute atomic E-state index is 0. The summed E-state index contributed by atoms with van der Waals surface area (Å²) in [6.45, 7) is 14.2. The van der Waals surface area contributed by atoms with Gasteiger partial charge < -0.3 is 53.8 Å². The molecular weight excluding hydrogens is 984 g/mol. The molecule has 0 saturated carbocycles. The molecule has 10 rings (SSSR count). The van der Waals surface area contributed by atoms with Crippen LogP contribution in [0.25, 0.3) is 21.5 Å². The number of halogens is 1. The summed E-state index contributed by atoms with van der Waals surface area (Å²) < 4.78 is 17.7. The normalized spacial score (nSPS) is 18.2. The predicted octanol–water partition coefficient (Wildman–Crippen LogP) is 7.65. The van der Waals surface area contributed by atoms with Crippen LogP contribution < -0.4 is 34.4 Å². The van der Waals surface area contributed by atoms with E-state index in [1.165, 1.54) is 6.42 Å². The Balaban J connectivity index is 0.000000202. The number of nitrogens with one attached hydrogen (secondary N) is 1. The van der Waals surface area contributed by atoms with Crippen molar-refractivity contribution in [3.8, 4) is 12.0 Å². The Morgan fingerprint density at radius 2 is 1.03 bits per heavy atom. The van der Waals surface area contributed by atoms with Crippen LogP contribution in [-0.4, -0.2) is 177 Å². The number of hydrogen-bond acceptors (Lipinski definition) is 15. The van der Waals surface area contributed by atoms with Crippen molar-refractivity contribution in [3.63, 3.8) is 0 Å². The number of hydrogen-bond donors (Lipinski definition) is 1. The van der Waals surface area contributed by atoms with Gasteiger partial charge in [-0.1, -0.05) is 72.8 Å². The minimum atomic E-state index is -0.550. The number of rotatable bonds is 12. The molecule has 1 N–H and O–H groups in total. The molecule has 4 fully saturated rings. The smallest absolute Gasteiger partial charge is 0.410 e. The number of anilines is 4. The second kappa shape index (κ2) is 24.9. The van der Waals surface area contributed by atoms with Crippen LogP contribution in [0.2, 0.25) is 0 Å². The Morgan fingerprint density at radius 1 is 0.592 bits per heavy atom. The van der Waals surface area contributed by atoms with Gasteiger partial charge in [0.05, 0.1) is 11.4 Å². The molecule has 3 amide bonds. The molecule has 0 unspecified atom stereocenters. The maximum absolute atomic E-state index is 13.8. The van der Waals surface area contributed by atoms with Gasteiger partial charge in [-0.2, -0.15) is 19.9 Å². The molecule has 19 heteroatoms. The van der Waals surface area contributed by atoms with Crippen molar-refractivity contribution >= 4 is 74.9 Å². The molecule has 4 saturated heterocycles. The van der Waals surface area contributed by atoms with E-state index >= 15 is 0 Å². The third kappa shape index (κ3) is 13.4. The molecule has 6 aromatic rings. The van der Waals surface area contributed by atoms with Crippen molar-refractivity contribution in [1.29, 1.82) is 0 Å². The van der Waals surface area contributed by atoms with Gasteiger partial charge in [-0.05, 0) is 96.5 Å². The molecule has 0 radical (unpaired) electrons. The van der Waals surface area contributed by atoms with Gasteiger partial charge in [0.25, 0.3) is 11.8 Å². The zero-order valence-electron chi connectivity index (χ0n) is 45.0. The monoisotopic (exact) mass is 1060 g/mol. The third-order valence-electron chi connectivity index (χ3n) is 14.5. The van der Waals surface area contributed by atoms with Crippen LogP contribution in [0.1, 0.15) is 67.4 Å². The lowest BCUT2D eigenvalue weighted by Crippen LogP contribution is -2.50. The van der Waals surface area contributed by atoms with E-state index in [4.69, 9.17) is 19.2 Å². The Hall–Kier alpha value is -6.86. The van der Waals surface area contributed by atoms with E-state index in [1.54, 1.807) is 40.9 Å². The van der Waals surface area contributed by atoms with E-state index < -0.39 is 5.60 Å². The summed E-state index contributed by atoms with van der Waals surface area (Å²) in [5.74, 6) is 0.910. The number of piperazine rings is 2.